The van der Waals surface area contributed by atoms with E-state index in [1.807, 2.05) is 0 Å². The summed E-state index contributed by atoms with van der Waals surface area (Å²) in [6, 6.07) is 0. The molecule has 0 aromatic heterocycles. The van der Waals surface area contributed by atoms with E-state index in [0.717, 1.165) is 43.5 Å². The first kappa shape index (κ1) is 18.1. The molecular weight excluding hydrogens is 291 g/mol. The lowest BCUT2D eigenvalue weighted by Gasteiger charge is -2.06. The van der Waals surface area contributed by atoms with Gasteiger partial charge >= 0.3 is 5.97 Å². The second kappa shape index (κ2) is 9.98. The average Bonchev–Trinajstić information content (AvgIpc) is 2.24. The Labute approximate surface area is 118 Å². The maximum absolute atomic E-state index is 11.0. The van der Waals surface area contributed by atoms with Crippen molar-refractivity contribution in [3.8, 4) is 0 Å². The third kappa shape index (κ3) is 12.6. The number of rotatable bonds is 10. The van der Waals surface area contributed by atoms with Crippen molar-refractivity contribution in [3.05, 3.63) is 12.2 Å². The minimum absolute atomic E-state index is 0.331. The lowest BCUT2D eigenvalue weighted by atomic mass is 10.2. The molecule has 18 heavy (non-hydrogen) atoms. The lowest BCUT2D eigenvalue weighted by Crippen LogP contribution is -2.05. The molecule has 0 rings (SSSR count). The highest BCUT2D eigenvalue weighted by Gasteiger charge is 2.06. The molecule has 0 aliphatic heterocycles. The first-order valence-corrected chi connectivity index (χ1v) is 10.2. The van der Waals surface area contributed by atoms with Crippen LogP contribution in [0.15, 0.2) is 12.2 Å². The Morgan fingerprint density at radius 1 is 1.28 bits per heavy atom. The summed E-state index contributed by atoms with van der Waals surface area (Å²) in [5.41, 5.74) is -2.64. The quantitative estimate of drug-likeness (QED) is 0.280. The molecule has 0 radical (unpaired) electrons. The molecule has 0 saturated carbocycles. The normalized spacial score (nSPS) is 11.3. The van der Waals surface area contributed by atoms with Crippen molar-refractivity contribution >= 4 is 34.9 Å². The Morgan fingerprint density at radius 3 is 2.39 bits per heavy atom. The van der Waals surface area contributed by atoms with Crippen molar-refractivity contribution in [2.24, 2.45) is 0 Å². The number of esters is 1. The van der Waals surface area contributed by atoms with Gasteiger partial charge in [-0.2, -0.15) is 0 Å². The largest absolute Gasteiger partial charge is 0.462 e. The van der Waals surface area contributed by atoms with Gasteiger partial charge < -0.3 is 14.5 Å². The molecule has 0 heterocycles. The molecule has 0 aliphatic carbocycles. The summed E-state index contributed by atoms with van der Waals surface area (Å²) in [5, 5.41) is 0. The Kier molecular flexibility index (Phi) is 10.1. The summed E-state index contributed by atoms with van der Waals surface area (Å²) in [7, 11) is 0. The highest BCUT2D eigenvalue weighted by molar-refractivity contribution is 8.67. The van der Waals surface area contributed by atoms with Crippen LogP contribution in [-0.4, -0.2) is 28.1 Å². The van der Waals surface area contributed by atoms with Crippen LogP contribution in [-0.2, 0) is 21.3 Å². The van der Waals surface area contributed by atoms with E-state index < -0.39 is 5.69 Å². The summed E-state index contributed by atoms with van der Waals surface area (Å²) in [5.74, 6) is 0.359. The van der Waals surface area contributed by atoms with Gasteiger partial charge in [-0.3, -0.25) is 0 Å². The van der Waals surface area contributed by atoms with Crippen molar-refractivity contribution in [1.82, 2.24) is 0 Å². The third-order valence-corrected chi connectivity index (χ3v) is 5.44. The van der Waals surface area contributed by atoms with Crippen molar-refractivity contribution < 1.29 is 19.3 Å². The Morgan fingerprint density at radius 2 is 1.83 bits per heavy atom. The van der Waals surface area contributed by atoms with Gasteiger partial charge in [0.05, 0.1) is 6.61 Å². The predicted molar refractivity (Wildman–Crippen MR) is 80.0 cm³/mol. The topological polar surface area (TPSA) is 66.8 Å². The summed E-state index contributed by atoms with van der Waals surface area (Å²) in [6.45, 7) is 5.57. The van der Waals surface area contributed by atoms with Crippen molar-refractivity contribution in [2.45, 2.75) is 39.0 Å². The highest BCUT2D eigenvalue weighted by atomic mass is 32.9. The number of hydrogen-bond donors (Lipinski definition) is 2. The molecule has 0 aromatic rings. The fourth-order valence-corrected chi connectivity index (χ4v) is 3.55. The molecule has 0 fully saturated rings. The molecule has 0 spiro atoms. The number of carbonyl (C=O) groups excluding carboxylic acids is 1. The Bertz CT molecular complexity index is 314. The van der Waals surface area contributed by atoms with Gasteiger partial charge in [-0.15, -0.1) is 0 Å². The lowest BCUT2D eigenvalue weighted by molar-refractivity contribution is -0.139. The Hall–Kier alpha value is 0.130. The van der Waals surface area contributed by atoms with E-state index in [0.29, 0.717) is 17.9 Å². The van der Waals surface area contributed by atoms with Crippen molar-refractivity contribution in [1.29, 1.82) is 0 Å². The third-order valence-electron chi connectivity index (χ3n) is 2.13. The Balaban J connectivity index is 3.24. The van der Waals surface area contributed by atoms with Gasteiger partial charge in [-0.25, -0.2) is 4.79 Å². The van der Waals surface area contributed by atoms with E-state index in [9.17, 15) is 4.79 Å². The smallest absolute Gasteiger partial charge is 0.333 e. The molecular formula is C11H21O4PS2. The van der Waals surface area contributed by atoms with Crippen LogP contribution in [0.25, 0.3) is 0 Å². The number of carbonyl (C=O) groups is 1. The summed E-state index contributed by atoms with van der Waals surface area (Å²) >= 11 is 5.56. The van der Waals surface area contributed by atoms with Crippen molar-refractivity contribution in [3.63, 3.8) is 0 Å². The predicted octanol–water partition coefficient (Wildman–Crippen LogP) is 3.00. The zero-order valence-electron chi connectivity index (χ0n) is 10.6. The van der Waals surface area contributed by atoms with Gasteiger partial charge in [-0.1, -0.05) is 37.2 Å². The zero-order valence-corrected chi connectivity index (χ0v) is 13.2. The molecule has 0 amide bonds. The van der Waals surface area contributed by atoms with E-state index >= 15 is 0 Å². The van der Waals surface area contributed by atoms with Crippen LogP contribution in [0, 0.1) is 0 Å². The van der Waals surface area contributed by atoms with Crippen LogP contribution in [0.3, 0.4) is 0 Å². The monoisotopic (exact) mass is 312 g/mol. The highest BCUT2D eigenvalue weighted by Crippen LogP contribution is 2.50. The molecule has 106 valence electrons. The molecule has 4 nitrogen and oxygen atoms in total. The van der Waals surface area contributed by atoms with Gasteiger partial charge in [0.25, 0.3) is 0 Å². The van der Waals surface area contributed by atoms with Crippen LogP contribution in [0.5, 0.6) is 0 Å². The second-order valence-corrected chi connectivity index (χ2v) is 10.2. The standard InChI is InChI=1S/C11H21O4PS2/c1-10(2)11(12)15-8-6-4-3-5-7-9-18-16(13,14)17/h1,3-9H2,2H3,(H2,13,14,17). The van der Waals surface area contributed by atoms with E-state index in [4.69, 9.17) is 14.5 Å². The first-order chi connectivity index (χ1) is 8.33. The van der Waals surface area contributed by atoms with Crippen LogP contribution in [0.1, 0.15) is 39.0 Å². The first-order valence-electron chi connectivity index (χ1n) is 5.85. The molecule has 0 aromatic carbocycles. The van der Waals surface area contributed by atoms with Crippen LogP contribution < -0.4 is 0 Å². The fraction of sp³-hybridized carbons (Fsp3) is 0.727. The van der Waals surface area contributed by atoms with Crippen LogP contribution >= 0.6 is 17.1 Å². The molecule has 0 unspecified atom stereocenters. The van der Waals surface area contributed by atoms with Crippen molar-refractivity contribution in [2.75, 3.05) is 12.4 Å². The average molecular weight is 312 g/mol. The molecule has 0 saturated heterocycles. The van der Waals surface area contributed by atoms with E-state index in [1.165, 1.54) is 0 Å². The minimum Gasteiger partial charge on any atom is -0.462 e. The molecule has 7 heteroatoms. The van der Waals surface area contributed by atoms with Crippen LogP contribution in [0.4, 0.5) is 0 Å². The molecule has 0 atom stereocenters. The number of ether oxygens (including phenoxy) is 1. The fourth-order valence-electron chi connectivity index (χ4n) is 1.21. The second-order valence-electron chi connectivity index (χ2n) is 4.01. The SMILES string of the molecule is C=C(C)C(=O)OCCCCCCCSP(O)(O)=S. The molecule has 2 N–H and O–H groups in total. The summed E-state index contributed by atoms with van der Waals surface area (Å²) in [4.78, 5) is 29.0. The molecule has 0 aliphatic rings. The zero-order chi connectivity index (χ0) is 14.0. The maximum Gasteiger partial charge on any atom is 0.333 e. The number of unbranched alkanes of at least 4 members (excludes halogenated alkanes) is 4. The van der Waals surface area contributed by atoms with Gasteiger partial charge in [0.2, 0.25) is 5.69 Å². The van der Waals surface area contributed by atoms with E-state index in [2.05, 4.69) is 18.4 Å². The summed E-state index contributed by atoms with van der Waals surface area (Å²) in [6.07, 6.45) is 4.85. The van der Waals surface area contributed by atoms with Gasteiger partial charge in [0.1, 0.15) is 0 Å². The molecule has 0 bridgehead atoms. The maximum atomic E-state index is 11.0. The van der Waals surface area contributed by atoms with E-state index in [1.54, 1.807) is 6.92 Å². The summed E-state index contributed by atoms with van der Waals surface area (Å²) < 4.78 is 4.96. The van der Waals surface area contributed by atoms with Gasteiger partial charge in [-0.05, 0) is 31.6 Å². The minimum atomic E-state index is -3.07. The van der Waals surface area contributed by atoms with Gasteiger partial charge in [0, 0.05) is 11.3 Å². The van der Waals surface area contributed by atoms with E-state index in [-0.39, 0.29) is 5.97 Å². The number of hydrogen-bond acceptors (Lipinski definition) is 4. The van der Waals surface area contributed by atoms with Gasteiger partial charge in [0.15, 0.2) is 0 Å². The van der Waals surface area contributed by atoms with Crippen LogP contribution in [0.2, 0.25) is 0 Å².